The number of rotatable bonds is 8. The Kier molecular flexibility index (Phi) is 6.63. The van der Waals surface area contributed by atoms with E-state index in [0.29, 0.717) is 6.61 Å². The minimum atomic E-state index is -1.19. The van der Waals surface area contributed by atoms with Crippen LogP contribution in [0, 0.1) is 0 Å². The van der Waals surface area contributed by atoms with Crippen LogP contribution in [-0.4, -0.2) is 20.7 Å². The molecule has 0 unspecified atom stereocenters. The van der Waals surface area contributed by atoms with Gasteiger partial charge in [-0.3, -0.25) is 0 Å². The van der Waals surface area contributed by atoms with Gasteiger partial charge in [0.15, 0.2) is 0 Å². The Bertz CT molecular complexity index is 383. The van der Waals surface area contributed by atoms with E-state index in [1.165, 1.54) is 24.4 Å². The van der Waals surface area contributed by atoms with Gasteiger partial charge < -0.3 is 9.15 Å². The fourth-order valence-electron chi connectivity index (χ4n) is 2.12. The molecule has 0 radical (unpaired) electrons. The molecule has 0 aliphatic rings. The van der Waals surface area contributed by atoms with Crippen LogP contribution in [0.3, 0.4) is 0 Å². The van der Waals surface area contributed by atoms with Gasteiger partial charge in [0.05, 0.1) is 20.9 Å². The van der Waals surface area contributed by atoms with Crippen molar-refractivity contribution in [2.75, 3.05) is 6.61 Å². The molecule has 0 aromatic carbocycles. The van der Waals surface area contributed by atoms with E-state index in [4.69, 9.17) is 9.15 Å². The normalized spacial score (nSPS) is 11.9. The highest BCUT2D eigenvalue weighted by Gasteiger charge is 2.22. The van der Waals surface area contributed by atoms with E-state index >= 15 is 0 Å². The Morgan fingerprint density at radius 3 is 2.53 bits per heavy atom. The van der Waals surface area contributed by atoms with E-state index in [-0.39, 0.29) is 11.7 Å². The smallest absolute Gasteiger partial charge is 0.374 e. The molecule has 1 aromatic rings. The molecule has 19 heavy (non-hydrogen) atoms. The molecule has 0 fully saturated rings. The van der Waals surface area contributed by atoms with Crippen molar-refractivity contribution in [3.63, 3.8) is 0 Å². The zero-order chi connectivity index (χ0) is 14.1. The molecule has 1 heterocycles. The Labute approximate surface area is 116 Å². The maximum absolute atomic E-state index is 11.5. The van der Waals surface area contributed by atoms with Gasteiger partial charge in [-0.15, -0.1) is 0 Å². The fourth-order valence-corrected chi connectivity index (χ4v) is 5.00. The van der Waals surface area contributed by atoms with E-state index in [0.717, 1.165) is 6.42 Å². The molecule has 0 saturated carbocycles. The van der Waals surface area contributed by atoms with Crippen molar-refractivity contribution >= 4 is 14.0 Å². The van der Waals surface area contributed by atoms with Crippen molar-refractivity contribution in [3.05, 3.63) is 35.9 Å². The second-order valence-corrected chi connectivity index (χ2v) is 9.91. The van der Waals surface area contributed by atoms with E-state index in [9.17, 15) is 4.79 Å². The second kappa shape index (κ2) is 7.99. The maximum atomic E-state index is 11.5. The molecule has 0 aliphatic carbocycles. The van der Waals surface area contributed by atoms with Crippen molar-refractivity contribution in [3.8, 4) is 0 Å². The van der Waals surface area contributed by atoms with E-state index in [1.807, 2.05) is 0 Å². The summed E-state index contributed by atoms with van der Waals surface area (Å²) in [6.45, 7) is 7.25. The predicted octanol–water partition coefficient (Wildman–Crippen LogP) is 4.43. The van der Waals surface area contributed by atoms with Gasteiger partial charge in [0.2, 0.25) is 5.76 Å². The minimum absolute atomic E-state index is 0.267. The van der Waals surface area contributed by atoms with Crippen LogP contribution in [-0.2, 0) is 4.74 Å². The van der Waals surface area contributed by atoms with Crippen LogP contribution in [0.1, 0.15) is 37.7 Å². The summed E-state index contributed by atoms with van der Waals surface area (Å²) in [4.78, 5) is 11.5. The van der Waals surface area contributed by atoms with Crippen molar-refractivity contribution < 1.29 is 13.9 Å². The first kappa shape index (κ1) is 15.8. The third-order valence-corrected chi connectivity index (χ3v) is 8.99. The predicted molar refractivity (Wildman–Crippen MR) is 79.9 cm³/mol. The molecule has 0 atom stereocenters. The van der Waals surface area contributed by atoms with Crippen LogP contribution in [0.25, 0.3) is 0 Å². The van der Waals surface area contributed by atoms with Crippen LogP contribution >= 0.6 is 0 Å². The highest BCUT2D eigenvalue weighted by Crippen LogP contribution is 2.21. The van der Waals surface area contributed by atoms with Crippen LogP contribution in [0.5, 0.6) is 0 Å². The Morgan fingerprint density at radius 1 is 1.32 bits per heavy atom. The average Bonchev–Trinajstić information content (AvgIpc) is 2.97. The molecule has 106 valence electrons. The van der Waals surface area contributed by atoms with Crippen LogP contribution in [0.15, 0.2) is 34.6 Å². The number of esters is 1. The standard InChI is InChI=1S/C15H24O3Si/c1-4-19(5-2,6-3)13-8-7-11-18-15(16)14-10-9-12-17-14/h8-10,12-13H,4-7,11H2,1-3H3/b13-8+. The zero-order valence-electron chi connectivity index (χ0n) is 12.1. The number of carbonyl (C=O) groups is 1. The first-order chi connectivity index (χ1) is 9.17. The summed E-state index contributed by atoms with van der Waals surface area (Å²) >= 11 is 0. The lowest BCUT2D eigenvalue weighted by Gasteiger charge is -2.23. The van der Waals surface area contributed by atoms with Gasteiger partial charge in [-0.1, -0.05) is 50.7 Å². The topological polar surface area (TPSA) is 39.4 Å². The number of ether oxygens (including phenoxy) is 1. The van der Waals surface area contributed by atoms with Gasteiger partial charge in [-0.2, -0.15) is 0 Å². The molecule has 0 N–H and O–H groups in total. The lowest BCUT2D eigenvalue weighted by Crippen LogP contribution is -2.28. The van der Waals surface area contributed by atoms with Crippen molar-refractivity contribution in [1.82, 2.24) is 0 Å². The zero-order valence-corrected chi connectivity index (χ0v) is 13.1. The van der Waals surface area contributed by atoms with Gasteiger partial charge in [0.25, 0.3) is 0 Å². The monoisotopic (exact) mass is 280 g/mol. The lowest BCUT2D eigenvalue weighted by atomic mass is 10.4. The Hall–Kier alpha value is -1.29. The molecule has 0 saturated heterocycles. The van der Waals surface area contributed by atoms with E-state index in [1.54, 1.807) is 12.1 Å². The summed E-state index contributed by atoms with van der Waals surface area (Å²) in [5.74, 6) is -0.119. The van der Waals surface area contributed by atoms with Crippen molar-refractivity contribution in [1.29, 1.82) is 0 Å². The molecule has 4 heteroatoms. The van der Waals surface area contributed by atoms with Crippen LogP contribution in [0.4, 0.5) is 0 Å². The summed E-state index contributed by atoms with van der Waals surface area (Å²) in [6, 6.07) is 7.13. The molecule has 1 aromatic heterocycles. The summed E-state index contributed by atoms with van der Waals surface area (Å²) in [6.07, 6.45) is 4.43. The molecule has 1 rings (SSSR count). The highest BCUT2D eigenvalue weighted by atomic mass is 28.3. The van der Waals surface area contributed by atoms with E-state index in [2.05, 4.69) is 32.5 Å². The summed E-state index contributed by atoms with van der Waals surface area (Å²) < 4.78 is 10.1. The van der Waals surface area contributed by atoms with E-state index < -0.39 is 8.07 Å². The molecule has 0 amide bonds. The van der Waals surface area contributed by atoms with Gasteiger partial charge in [-0.25, -0.2) is 4.79 Å². The largest absolute Gasteiger partial charge is 0.460 e. The number of hydrogen-bond acceptors (Lipinski definition) is 3. The van der Waals surface area contributed by atoms with Gasteiger partial charge in [0, 0.05) is 0 Å². The third kappa shape index (κ3) is 4.71. The van der Waals surface area contributed by atoms with Crippen molar-refractivity contribution in [2.24, 2.45) is 0 Å². The molecular formula is C15H24O3Si. The fraction of sp³-hybridized carbons (Fsp3) is 0.533. The summed E-state index contributed by atoms with van der Waals surface area (Å²) in [5.41, 5.74) is 2.41. The first-order valence-electron chi connectivity index (χ1n) is 7.05. The molecule has 3 nitrogen and oxygen atoms in total. The maximum Gasteiger partial charge on any atom is 0.374 e. The quantitative estimate of drug-likeness (QED) is 0.402. The molecule has 0 spiro atoms. The average molecular weight is 280 g/mol. The van der Waals surface area contributed by atoms with Gasteiger partial charge in [0.1, 0.15) is 0 Å². The third-order valence-electron chi connectivity index (χ3n) is 3.82. The van der Waals surface area contributed by atoms with Crippen LogP contribution < -0.4 is 0 Å². The Morgan fingerprint density at radius 2 is 2.00 bits per heavy atom. The number of furan rings is 1. The number of hydrogen-bond donors (Lipinski definition) is 0. The molecule has 0 aliphatic heterocycles. The van der Waals surface area contributed by atoms with Crippen molar-refractivity contribution in [2.45, 2.75) is 45.3 Å². The number of carbonyl (C=O) groups excluding carboxylic acids is 1. The van der Waals surface area contributed by atoms with Crippen LogP contribution in [0.2, 0.25) is 18.1 Å². The second-order valence-electron chi connectivity index (χ2n) is 4.73. The SMILES string of the molecule is CC[Si](/C=C/CCOC(=O)c1ccco1)(CC)CC. The van der Waals surface area contributed by atoms with Gasteiger partial charge >= 0.3 is 5.97 Å². The minimum Gasteiger partial charge on any atom is -0.460 e. The molecular weight excluding hydrogens is 256 g/mol. The first-order valence-corrected chi connectivity index (χ1v) is 9.75. The summed E-state index contributed by atoms with van der Waals surface area (Å²) in [7, 11) is -1.19. The lowest BCUT2D eigenvalue weighted by molar-refractivity contribution is 0.0475. The summed E-state index contributed by atoms with van der Waals surface area (Å²) in [5, 5.41) is 0. The van der Waals surface area contributed by atoms with Gasteiger partial charge in [-0.05, 0) is 18.6 Å². The Balaban J connectivity index is 2.32. The highest BCUT2D eigenvalue weighted by molar-refractivity contribution is 6.84. The molecule has 0 bridgehead atoms.